The van der Waals surface area contributed by atoms with Crippen molar-refractivity contribution >= 4 is 11.4 Å². The molecule has 0 amide bonds. The first-order chi connectivity index (χ1) is 10.1. The maximum atomic E-state index is 11.4. The van der Waals surface area contributed by atoms with E-state index in [1.54, 1.807) is 12.1 Å². The highest BCUT2D eigenvalue weighted by atomic mass is 16.6. The zero-order chi connectivity index (χ0) is 15.2. The van der Waals surface area contributed by atoms with Crippen LogP contribution in [0.1, 0.15) is 19.8 Å². The second kappa shape index (κ2) is 7.26. The first-order valence-electron chi connectivity index (χ1n) is 7.45. The molecule has 1 aliphatic heterocycles. The van der Waals surface area contributed by atoms with Crippen molar-refractivity contribution in [1.29, 1.82) is 0 Å². The zero-order valence-corrected chi connectivity index (χ0v) is 12.7. The van der Waals surface area contributed by atoms with Gasteiger partial charge < -0.3 is 15.0 Å². The van der Waals surface area contributed by atoms with Gasteiger partial charge >= 0.3 is 5.69 Å². The lowest BCUT2D eigenvalue weighted by molar-refractivity contribution is -0.385. The summed E-state index contributed by atoms with van der Waals surface area (Å²) in [5.41, 5.74) is 0.683. The van der Waals surface area contributed by atoms with Crippen molar-refractivity contribution in [2.75, 3.05) is 38.2 Å². The number of anilines is 1. The van der Waals surface area contributed by atoms with Crippen molar-refractivity contribution in [2.24, 2.45) is 5.92 Å². The number of benzene rings is 1. The normalized spacial score (nSPS) is 18.3. The number of nitro benzene ring substituents is 1. The molecular weight excluding hydrogens is 270 g/mol. The van der Waals surface area contributed by atoms with E-state index < -0.39 is 0 Å². The summed E-state index contributed by atoms with van der Waals surface area (Å²) in [6, 6.07) is 5.25. The second-order valence-corrected chi connectivity index (χ2v) is 5.41. The molecule has 1 aromatic rings. The van der Waals surface area contributed by atoms with Gasteiger partial charge in [-0.05, 0) is 50.9 Å². The molecule has 0 bridgehead atoms. The van der Waals surface area contributed by atoms with Crippen LogP contribution in [0.5, 0.6) is 5.75 Å². The summed E-state index contributed by atoms with van der Waals surface area (Å²) in [5, 5.41) is 14.8. The molecule has 116 valence electrons. The molecule has 1 N–H and O–H groups in total. The summed E-state index contributed by atoms with van der Waals surface area (Å²) in [4.78, 5) is 13.0. The highest BCUT2D eigenvalue weighted by Crippen LogP contribution is 2.37. The van der Waals surface area contributed by atoms with E-state index in [9.17, 15) is 10.1 Å². The minimum atomic E-state index is -0.351. The third kappa shape index (κ3) is 3.85. The molecule has 0 radical (unpaired) electrons. The topological polar surface area (TPSA) is 67.6 Å². The van der Waals surface area contributed by atoms with Crippen molar-refractivity contribution in [2.45, 2.75) is 19.8 Å². The van der Waals surface area contributed by atoms with Crippen molar-refractivity contribution in [3.8, 4) is 5.75 Å². The molecule has 1 saturated heterocycles. The lowest BCUT2D eigenvalue weighted by Gasteiger charge is -2.28. The largest absolute Gasteiger partial charge is 0.487 e. The van der Waals surface area contributed by atoms with Crippen molar-refractivity contribution in [1.82, 2.24) is 5.32 Å². The molecule has 0 spiro atoms. The number of nitrogens with zero attached hydrogens (tertiary/aromatic N) is 2. The summed E-state index contributed by atoms with van der Waals surface area (Å²) >= 11 is 0. The Labute approximate surface area is 125 Å². The Bertz CT molecular complexity index is 487. The molecule has 0 aromatic heterocycles. The second-order valence-electron chi connectivity index (χ2n) is 5.41. The maximum absolute atomic E-state index is 11.4. The monoisotopic (exact) mass is 293 g/mol. The molecule has 1 heterocycles. The highest BCUT2D eigenvalue weighted by Gasteiger charge is 2.25. The molecule has 1 aromatic carbocycles. The molecule has 21 heavy (non-hydrogen) atoms. The van der Waals surface area contributed by atoms with Gasteiger partial charge in [0.15, 0.2) is 5.75 Å². The van der Waals surface area contributed by atoms with Crippen molar-refractivity contribution < 1.29 is 9.66 Å². The van der Waals surface area contributed by atoms with Crippen molar-refractivity contribution in [3.05, 3.63) is 28.3 Å². The fourth-order valence-corrected chi connectivity index (χ4v) is 2.84. The summed E-state index contributed by atoms with van der Waals surface area (Å²) in [7, 11) is 1.91. The van der Waals surface area contributed by atoms with Crippen LogP contribution < -0.4 is 15.0 Å². The van der Waals surface area contributed by atoms with Crippen LogP contribution in [-0.2, 0) is 0 Å². The number of ether oxygens (including phenoxy) is 1. The molecule has 1 unspecified atom stereocenters. The Morgan fingerprint density at radius 2 is 2.33 bits per heavy atom. The van der Waals surface area contributed by atoms with E-state index in [1.807, 2.05) is 24.9 Å². The number of para-hydroxylation sites is 1. The minimum Gasteiger partial charge on any atom is -0.487 e. The SMILES string of the molecule is CCOc1cccc(N(C)CC2CCCNC2)c1[N+](=O)[O-]. The maximum Gasteiger partial charge on any atom is 0.333 e. The van der Waals surface area contributed by atoms with Gasteiger partial charge in [-0.2, -0.15) is 0 Å². The zero-order valence-electron chi connectivity index (χ0n) is 12.7. The lowest BCUT2D eigenvalue weighted by Crippen LogP contribution is -2.37. The van der Waals surface area contributed by atoms with E-state index in [-0.39, 0.29) is 10.6 Å². The lowest BCUT2D eigenvalue weighted by atomic mass is 9.99. The standard InChI is InChI=1S/C15H23N3O3/c1-3-21-14-8-4-7-13(15(14)18(19)20)17(2)11-12-6-5-9-16-10-12/h4,7-8,12,16H,3,5-6,9-11H2,1-2H3. The summed E-state index contributed by atoms with van der Waals surface area (Å²) in [6.45, 7) is 5.10. The minimum absolute atomic E-state index is 0.0608. The van der Waals surface area contributed by atoms with Crippen molar-refractivity contribution in [3.63, 3.8) is 0 Å². The van der Waals surface area contributed by atoms with Crippen LogP contribution in [0.4, 0.5) is 11.4 Å². The van der Waals surface area contributed by atoms with Gasteiger partial charge in [-0.15, -0.1) is 0 Å². The van der Waals surface area contributed by atoms with Crippen LogP contribution >= 0.6 is 0 Å². The van der Waals surface area contributed by atoms with Crippen LogP contribution in [0.15, 0.2) is 18.2 Å². The van der Waals surface area contributed by atoms with Gasteiger partial charge in [0.05, 0.1) is 11.5 Å². The van der Waals surface area contributed by atoms with E-state index in [0.29, 0.717) is 24.0 Å². The Kier molecular flexibility index (Phi) is 5.38. The Morgan fingerprint density at radius 3 is 2.95 bits per heavy atom. The molecule has 6 nitrogen and oxygen atoms in total. The van der Waals surface area contributed by atoms with Crippen LogP contribution in [0.2, 0.25) is 0 Å². The van der Waals surface area contributed by atoms with Gasteiger partial charge in [0, 0.05) is 13.6 Å². The Balaban J connectivity index is 2.20. The molecule has 0 saturated carbocycles. The molecule has 1 atom stereocenters. The smallest absolute Gasteiger partial charge is 0.333 e. The van der Waals surface area contributed by atoms with E-state index in [2.05, 4.69) is 5.32 Å². The number of hydrogen-bond donors (Lipinski definition) is 1. The first kappa shape index (κ1) is 15.6. The first-order valence-corrected chi connectivity index (χ1v) is 7.45. The van der Waals surface area contributed by atoms with Crippen LogP contribution in [-0.4, -0.2) is 38.2 Å². The van der Waals surface area contributed by atoms with Gasteiger partial charge in [0.1, 0.15) is 5.69 Å². The third-order valence-electron chi connectivity index (χ3n) is 3.80. The number of nitro groups is 1. The number of hydrogen-bond acceptors (Lipinski definition) is 5. The Morgan fingerprint density at radius 1 is 1.52 bits per heavy atom. The van der Waals surface area contributed by atoms with Crippen LogP contribution in [0.25, 0.3) is 0 Å². The van der Waals surface area contributed by atoms with E-state index >= 15 is 0 Å². The summed E-state index contributed by atoms with van der Waals surface area (Å²) < 4.78 is 5.40. The van der Waals surface area contributed by atoms with Gasteiger partial charge in [-0.1, -0.05) is 6.07 Å². The summed E-state index contributed by atoms with van der Waals surface area (Å²) in [6.07, 6.45) is 2.33. The van der Waals surface area contributed by atoms with E-state index in [4.69, 9.17) is 4.74 Å². The molecule has 0 aliphatic carbocycles. The highest BCUT2D eigenvalue weighted by molar-refractivity contribution is 5.69. The predicted octanol–water partition coefficient (Wildman–Crippen LogP) is 2.43. The van der Waals surface area contributed by atoms with Gasteiger partial charge in [0.25, 0.3) is 0 Å². The number of piperidine rings is 1. The molecule has 6 heteroatoms. The van der Waals surface area contributed by atoms with Gasteiger partial charge in [0.2, 0.25) is 0 Å². The van der Waals surface area contributed by atoms with Crippen LogP contribution in [0, 0.1) is 16.0 Å². The molecule has 2 rings (SSSR count). The van der Waals surface area contributed by atoms with Gasteiger partial charge in [-0.25, -0.2) is 0 Å². The number of nitrogens with one attached hydrogen (secondary N) is 1. The predicted molar refractivity (Wildman–Crippen MR) is 83.1 cm³/mol. The number of rotatable bonds is 6. The average Bonchev–Trinajstić information content (AvgIpc) is 2.48. The third-order valence-corrected chi connectivity index (χ3v) is 3.80. The fraction of sp³-hybridized carbons (Fsp3) is 0.600. The molecule has 1 aliphatic rings. The van der Waals surface area contributed by atoms with E-state index in [0.717, 1.165) is 26.1 Å². The van der Waals surface area contributed by atoms with Crippen LogP contribution in [0.3, 0.4) is 0 Å². The van der Waals surface area contributed by atoms with E-state index in [1.165, 1.54) is 6.42 Å². The molecule has 1 fully saturated rings. The van der Waals surface area contributed by atoms with Gasteiger partial charge in [-0.3, -0.25) is 10.1 Å². The fourth-order valence-electron chi connectivity index (χ4n) is 2.84. The summed E-state index contributed by atoms with van der Waals surface area (Å²) in [5.74, 6) is 0.868. The average molecular weight is 293 g/mol. The molecular formula is C15H23N3O3. The quantitative estimate of drug-likeness (QED) is 0.644. The Hall–Kier alpha value is -1.82.